The Labute approximate surface area is 344 Å². The van der Waals surface area contributed by atoms with Gasteiger partial charge in [0.15, 0.2) is 23.3 Å². The van der Waals surface area contributed by atoms with Crippen LogP contribution in [0.1, 0.15) is 61.8 Å². The van der Waals surface area contributed by atoms with Crippen molar-refractivity contribution in [3.63, 3.8) is 0 Å². The van der Waals surface area contributed by atoms with Gasteiger partial charge in [-0.25, -0.2) is 34.9 Å². The van der Waals surface area contributed by atoms with Crippen molar-refractivity contribution in [3.8, 4) is 5.88 Å². The molecule has 0 radical (unpaired) electrons. The number of aromatic nitrogens is 8. The monoisotopic (exact) mass is 796 g/mol. The van der Waals surface area contributed by atoms with Gasteiger partial charge in [0.2, 0.25) is 5.88 Å². The molecule has 9 rings (SSSR count). The van der Waals surface area contributed by atoms with E-state index in [0.29, 0.717) is 40.2 Å². The molecule has 0 unspecified atom stereocenters. The average Bonchev–Trinajstić information content (AvgIpc) is 3.61. The number of rotatable bonds is 11. The average molecular weight is 797 g/mol. The fourth-order valence-electron chi connectivity index (χ4n) is 7.06. The van der Waals surface area contributed by atoms with Crippen LogP contribution in [0.4, 0.5) is 23.3 Å². The summed E-state index contributed by atoms with van der Waals surface area (Å²) in [5.41, 5.74) is 1.82. The molecule has 0 spiro atoms. The van der Waals surface area contributed by atoms with E-state index < -0.39 is 0 Å². The quantitative estimate of drug-likeness (QED) is 0.118. The number of fused-ring (bicyclic) bond motifs is 2. The molecule has 58 heavy (non-hydrogen) atoms. The summed E-state index contributed by atoms with van der Waals surface area (Å²) in [6, 6.07) is 19.8. The minimum absolute atomic E-state index is 0.444. The van der Waals surface area contributed by atoms with E-state index in [-0.39, 0.29) is 0 Å². The summed E-state index contributed by atoms with van der Waals surface area (Å²) in [5.74, 6) is 7.35. The van der Waals surface area contributed by atoms with Crippen molar-refractivity contribution in [1.29, 1.82) is 0 Å². The summed E-state index contributed by atoms with van der Waals surface area (Å²) in [4.78, 5) is 45.6. The standard InChI is InChI=1S/C24H28N6O.C20H21ClN6/c1-29(2)24-18-7-3-4-8-19(18)25-20(28-24)11-12-21-26-22(30-13-5-6-14-30)15-23(27-21)31-16-17-9-10-17;1-26(2)20-14-7-3-4-8-15(14)22-17(25-20)9-10-18-23-16(21)13-19(24-18)27-11-5-6-12-27/h3-4,7-8,11-12,15,17H,5-6,9-10,13-14,16H2,1-2H3;3-4,7-10,13H,5-6,11-12H2,1-2H3/b12-11+;10-9+. The molecule has 13 nitrogen and oxygen atoms in total. The zero-order valence-corrected chi connectivity index (χ0v) is 34.3. The first-order valence-electron chi connectivity index (χ1n) is 20.1. The number of halogens is 1. The molecular weight excluding hydrogens is 748 g/mol. The molecular formula is C44H49ClN12O. The molecule has 3 aliphatic rings. The predicted octanol–water partition coefficient (Wildman–Crippen LogP) is 7.96. The van der Waals surface area contributed by atoms with Gasteiger partial charge in [-0.05, 0) is 93.0 Å². The lowest BCUT2D eigenvalue weighted by Crippen LogP contribution is -2.19. The molecule has 1 saturated carbocycles. The highest BCUT2D eigenvalue weighted by Gasteiger charge is 2.23. The second-order valence-corrected chi connectivity index (χ2v) is 15.7. The minimum Gasteiger partial charge on any atom is -0.477 e. The van der Waals surface area contributed by atoms with E-state index in [4.69, 9.17) is 31.3 Å². The van der Waals surface area contributed by atoms with E-state index in [1.807, 2.05) is 123 Å². The van der Waals surface area contributed by atoms with Gasteiger partial charge in [0.05, 0.1) is 17.6 Å². The fourth-order valence-corrected chi connectivity index (χ4v) is 7.25. The van der Waals surface area contributed by atoms with E-state index in [1.165, 1.54) is 38.5 Å². The number of para-hydroxylation sites is 2. The SMILES string of the molecule is CN(C)c1nc(/C=C/c2nc(Cl)cc(N3CCCC3)n2)nc2ccccc12.CN(C)c1nc(/C=C/c2nc(OCC3CC3)cc(N3CCCC3)n2)nc2ccccc12. The molecule has 2 saturated heterocycles. The highest BCUT2D eigenvalue weighted by atomic mass is 35.5. The third kappa shape index (κ3) is 9.59. The van der Waals surface area contributed by atoms with Crippen LogP contribution in [0.3, 0.4) is 0 Å². The number of hydrogen-bond donors (Lipinski definition) is 0. The van der Waals surface area contributed by atoms with E-state index in [2.05, 4.69) is 34.7 Å². The van der Waals surface area contributed by atoms with Crippen molar-refractivity contribution in [2.75, 3.05) is 80.6 Å². The molecule has 6 aromatic rings. The van der Waals surface area contributed by atoms with E-state index in [9.17, 15) is 0 Å². The molecule has 4 aromatic heterocycles. The number of ether oxygens (including phenoxy) is 1. The zero-order valence-electron chi connectivity index (χ0n) is 33.6. The van der Waals surface area contributed by atoms with Crippen molar-refractivity contribution in [2.24, 2.45) is 5.92 Å². The third-order valence-electron chi connectivity index (χ3n) is 10.2. The van der Waals surface area contributed by atoms with Gasteiger partial charge in [-0.3, -0.25) is 0 Å². The van der Waals surface area contributed by atoms with Crippen molar-refractivity contribution in [2.45, 2.75) is 38.5 Å². The Morgan fingerprint density at radius 3 is 1.52 bits per heavy atom. The summed E-state index contributed by atoms with van der Waals surface area (Å²) < 4.78 is 5.98. The molecule has 14 heteroatoms. The summed E-state index contributed by atoms with van der Waals surface area (Å²) in [6.07, 6.45) is 14.7. The molecule has 1 aliphatic carbocycles. The zero-order chi connectivity index (χ0) is 40.0. The maximum absolute atomic E-state index is 6.21. The minimum atomic E-state index is 0.444. The first-order chi connectivity index (χ1) is 28.3. The third-order valence-corrected chi connectivity index (χ3v) is 10.4. The van der Waals surface area contributed by atoms with Crippen LogP contribution in [0.25, 0.3) is 46.1 Å². The normalized spacial score (nSPS) is 15.5. The molecule has 6 heterocycles. The Kier molecular flexibility index (Phi) is 11.9. The van der Waals surface area contributed by atoms with Gasteiger partial charge in [0.1, 0.15) is 28.4 Å². The summed E-state index contributed by atoms with van der Waals surface area (Å²) in [5, 5.41) is 2.50. The topological polar surface area (TPSA) is 125 Å². The Hall–Kier alpha value is -5.95. The van der Waals surface area contributed by atoms with Crippen molar-refractivity contribution >= 4 is 81.0 Å². The van der Waals surface area contributed by atoms with Gasteiger partial charge in [0, 0.05) is 77.3 Å². The van der Waals surface area contributed by atoms with Crippen LogP contribution in [0.15, 0.2) is 60.7 Å². The van der Waals surface area contributed by atoms with Gasteiger partial charge in [-0.1, -0.05) is 35.9 Å². The summed E-state index contributed by atoms with van der Waals surface area (Å²) in [6.45, 7) is 4.82. The van der Waals surface area contributed by atoms with Crippen molar-refractivity contribution in [1.82, 2.24) is 39.9 Å². The molecule has 2 aromatic carbocycles. The molecule has 0 N–H and O–H groups in total. The largest absolute Gasteiger partial charge is 0.477 e. The maximum atomic E-state index is 6.21. The van der Waals surface area contributed by atoms with E-state index in [0.717, 1.165) is 77.9 Å². The van der Waals surface area contributed by atoms with Gasteiger partial charge in [-0.2, -0.15) is 4.98 Å². The van der Waals surface area contributed by atoms with Crippen LogP contribution in [-0.2, 0) is 0 Å². The Balaban J connectivity index is 0.000000164. The smallest absolute Gasteiger partial charge is 0.219 e. The van der Waals surface area contributed by atoms with E-state index in [1.54, 1.807) is 0 Å². The molecule has 298 valence electrons. The fraction of sp³-hybridized carbons (Fsp3) is 0.364. The second kappa shape index (κ2) is 17.7. The highest BCUT2D eigenvalue weighted by molar-refractivity contribution is 6.29. The lowest BCUT2D eigenvalue weighted by molar-refractivity contribution is 0.288. The van der Waals surface area contributed by atoms with Crippen LogP contribution >= 0.6 is 11.6 Å². The first kappa shape index (κ1) is 38.9. The number of nitrogens with zero attached hydrogens (tertiary/aromatic N) is 12. The molecule has 3 fully saturated rings. The van der Waals surface area contributed by atoms with Crippen LogP contribution in [-0.4, -0.2) is 101 Å². The second-order valence-electron chi connectivity index (χ2n) is 15.3. The van der Waals surface area contributed by atoms with Crippen LogP contribution in [0, 0.1) is 5.92 Å². The Morgan fingerprint density at radius 1 is 0.586 bits per heavy atom. The molecule has 0 atom stereocenters. The first-order valence-corrected chi connectivity index (χ1v) is 20.4. The van der Waals surface area contributed by atoms with Crippen molar-refractivity contribution in [3.05, 3.63) is 89.1 Å². The Bertz CT molecular complexity index is 2440. The lowest BCUT2D eigenvalue weighted by Gasteiger charge is -2.17. The predicted molar refractivity (Wildman–Crippen MR) is 236 cm³/mol. The van der Waals surface area contributed by atoms with Crippen LogP contribution < -0.4 is 24.3 Å². The van der Waals surface area contributed by atoms with Gasteiger partial charge in [0.25, 0.3) is 0 Å². The van der Waals surface area contributed by atoms with E-state index >= 15 is 0 Å². The van der Waals surface area contributed by atoms with Crippen LogP contribution in [0.5, 0.6) is 5.88 Å². The Morgan fingerprint density at radius 2 is 1.03 bits per heavy atom. The van der Waals surface area contributed by atoms with Gasteiger partial charge < -0.3 is 24.3 Å². The van der Waals surface area contributed by atoms with Crippen LogP contribution in [0.2, 0.25) is 5.15 Å². The number of hydrogen-bond acceptors (Lipinski definition) is 13. The highest BCUT2D eigenvalue weighted by Crippen LogP contribution is 2.31. The number of benzene rings is 2. The van der Waals surface area contributed by atoms with Gasteiger partial charge in [-0.15, -0.1) is 0 Å². The summed E-state index contributed by atoms with van der Waals surface area (Å²) >= 11 is 6.21. The molecule has 2 aliphatic heterocycles. The maximum Gasteiger partial charge on any atom is 0.219 e. The van der Waals surface area contributed by atoms with Gasteiger partial charge >= 0.3 is 0 Å². The lowest BCUT2D eigenvalue weighted by atomic mass is 10.2. The summed E-state index contributed by atoms with van der Waals surface area (Å²) in [7, 11) is 7.94. The molecule has 0 amide bonds. The number of anilines is 4. The van der Waals surface area contributed by atoms with Crippen molar-refractivity contribution < 1.29 is 4.74 Å². The molecule has 0 bridgehead atoms.